The quantitative estimate of drug-likeness (QED) is 0.617. The van der Waals surface area contributed by atoms with Gasteiger partial charge in [-0.1, -0.05) is 30.3 Å². The molecule has 2 amide bonds. The van der Waals surface area contributed by atoms with Crippen molar-refractivity contribution in [2.24, 2.45) is 5.92 Å². The molecule has 1 aliphatic rings. The van der Waals surface area contributed by atoms with E-state index in [2.05, 4.69) is 9.47 Å². The van der Waals surface area contributed by atoms with Gasteiger partial charge in [0.15, 0.2) is 0 Å². The molecule has 1 heterocycles. The number of hydrogen-bond acceptors (Lipinski definition) is 6. The standard InChI is InChI=1S/C19H24N2O6/c1-26-17(23)8-9-20(13-18(24)27-2)19(25)15-10-16(22)21(12-15)11-14-6-4-3-5-7-14/h3-7,15H,8-13H2,1-2H3. The summed E-state index contributed by atoms with van der Waals surface area (Å²) in [5.74, 6) is -2.07. The third-order valence-electron chi connectivity index (χ3n) is 4.45. The fraction of sp³-hybridized carbons (Fsp3) is 0.474. The predicted octanol–water partition coefficient (Wildman–Crippen LogP) is 0.600. The van der Waals surface area contributed by atoms with Crippen LogP contribution in [-0.2, 0) is 35.2 Å². The Labute approximate surface area is 158 Å². The van der Waals surface area contributed by atoms with Gasteiger partial charge in [-0.05, 0) is 5.56 Å². The molecule has 8 nitrogen and oxygen atoms in total. The van der Waals surface area contributed by atoms with Crippen molar-refractivity contribution >= 4 is 23.8 Å². The van der Waals surface area contributed by atoms with Gasteiger partial charge >= 0.3 is 11.9 Å². The number of carbonyl (C=O) groups is 4. The number of ether oxygens (including phenoxy) is 2. The molecule has 27 heavy (non-hydrogen) atoms. The molecule has 1 atom stereocenters. The third-order valence-corrected chi connectivity index (χ3v) is 4.45. The van der Waals surface area contributed by atoms with Crippen LogP contribution in [0.25, 0.3) is 0 Å². The highest BCUT2D eigenvalue weighted by molar-refractivity contribution is 5.91. The van der Waals surface area contributed by atoms with Crippen LogP contribution >= 0.6 is 0 Å². The monoisotopic (exact) mass is 376 g/mol. The summed E-state index contributed by atoms with van der Waals surface area (Å²) in [5.41, 5.74) is 0.982. The van der Waals surface area contributed by atoms with Crippen LogP contribution in [0.3, 0.4) is 0 Å². The molecule has 0 aliphatic carbocycles. The maximum absolute atomic E-state index is 12.8. The lowest BCUT2D eigenvalue weighted by Crippen LogP contribution is -2.42. The van der Waals surface area contributed by atoms with Crippen molar-refractivity contribution in [1.82, 2.24) is 9.80 Å². The Morgan fingerprint density at radius 3 is 2.41 bits per heavy atom. The normalized spacial score (nSPS) is 16.1. The lowest BCUT2D eigenvalue weighted by molar-refractivity contribution is -0.150. The number of methoxy groups -OCH3 is 2. The molecule has 146 valence electrons. The first kappa shape index (κ1) is 20.4. The van der Waals surface area contributed by atoms with E-state index in [1.807, 2.05) is 30.3 Å². The Kier molecular flexibility index (Phi) is 7.34. The van der Waals surface area contributed by atoms with Gasteiger partial charge in [0.25, 0.3) is 0 Å². The Balaban J connectivity index is 2.02. The Bertz CT molecular complexity index is 691. The molecule has 1 aliphatic heterocycles. The van der Waals surface area contributed by atoms with Crippen LogP contribution in [-0.4, -0.2) is 67.4 Å². The molecule has 1 aromatic carbocycles. The maximum Gasteiger partial charge on any atom is 0.325 e. The van der Waals surface area contributed by atoms with Gasteiger partial charge in [0.05, 0.1) is 26.6 Å². The number of hydrogen-bond donors (Lipinski definition) is 0. The van der Waals surface area contributed by atoms with Crippen LogP contribution in [0.1, 0.15) is 18.4 Å². The molecule has 0 aromatic heterocycles. The highest BCUT2D eigenvalue weighted by atomic mass is 16.5. The number of benzene rings is 1. The van der Waals surface area contributed by atoms with Crippen molar-refractivity contribution in [3.8, 4) is 0 Å². The minimum atomic E-state index is -0.585. The molecular formula is C19H24N2O6. The van der Waals surface area contributed by atoms with Crippen LogP contribution in [0.5, 0.6) is 0 Å². The van der Waals surface area contributed by atoms with Crippen molar-refractivity contribution in [3.05, 3.63) is 35.9 Å². The highest BCUT2D eigenvalue weighted by Crippen LogP contribution is 2.22. The zero-order valence-corrected chi connectivity index (χ0v) is 15.6. The fourth-order valence-corrected chi connectivity index (χ4v) is 2.97. The molecule has 0 saturated carbocycles. The van der Waals surface area contributed by atoms with Crippen molar-refractivity contribution in [1.29, 1.82) is 0 Å². The lowest BCUT2D eigenvalue weighted by Gasteiger charge is -2.24. The van der Waals surface area contributed by atoms with Crippen molar-refractivity contribution < 1.29 is 28.7 Å². The number of esters is 2. The van der Waals surface area contributed by atoms with E-state index < -0.39 is 17.9 Å². The average molecular weight is 376 g/mol. The summed E-state index contributed by atoms with van der Waals surface area (Å²) in [6.07, 6.45) is 0.0508. The van der Waals surface area contributed by atoms with Gasteiger partial charge in [-0.15, -0.1) is 0 Å². The molecule has 1 saturated heterocycles. The molecular weight excluding hydrogens is 352 g/mol. The summed E-state index contributed by atoms with van der Waals surface area (Å²) < 4.78 is 9.20. The van der Waals surface area contributed by atoms with Gasteiger partial charge in [-0.3, -0.25) is 19.2 Å². The number of rotatable bonds is 8. The number of amides is 2. The van der Waals surface area contributed by atoms with Crippen LogP contribution in [0.15, 0.2) is 30.3 Å². The van der Waals surface area contributed by atoms with Crippen LogP contribution in [0, 0.1) is 5.92 Å². The number of nitrogens with zero attached hydrogens (tertiary/aromatic N) is 2. The Morgan fingerprint density at radius 1 is 1.11 bits per heavy atom. The molecule has 8 heteroatoms. The summed E-state index contributed by atoms with van der Waals surface area (Å²) in [4.78, 5) is 51.0. The van der Waals surface area contributed by atoms with Crippen LogP contribution in [0.2, 0.25) is 0 Å². The highest BCUT2D eigenvalue weighted by Gasteiger charge is 2.37. The van der Waals surface area contributed by atoms with Gasteiger partial charge in [0.2, 0.25) is 11.8 Å². The SMILES string of the molecule is COC(=O)CCN(CC(=O)OC)C(=O)C1CC(=O)N(Cc2ccccc2)C1. The summed E-state index contributed by atoms with van der Waals surface area (Å²) in [5, 5.41) is 0. The largest absolute Gasteiger partial charge is 0.469 e. The van der Waals surface area contributed by atoms with E-state index in [0.717, 1.165) is 5.56 Å². The zero-order chi connectivity index (χ0) is 19.8. The van der Waals surface area contributed by atoms with Crippen molar-refractivity contribution in [2.75, 3.05) is 33.9 Å². The average Bonchev–Trinajstić information content (AvgIpc) is 3.05. The topological polar surface area (TPSA) is 93.2 Å². The van der Waals surface area contributed by atoms with Crippen molar-refractivity contribution in [3.63, 3.8) is 0 Å². The summed E-state index contributed by atoms with van der Waals surface area (Å²) in [6, 6.07) is 9.52. The van der Waals surface area contributed by atoms with Gasteiger partial charge < -0.3 is 19.3 Å². The molecule has 0 N–H and O–H groups in total. The van der Waals surface area contributed by atoms with Gasteiger partial charge in [-0.25, -0.2) is 0 Å². The smallest absolute Gasteiger partial charge is 0.325 e. The zero-order valence-electron chi connectivity index (χ0n) is 15.6. The van der Waals surface area contributed by atoms with Crippen LogP contribution in [0.4, 0.5) is 0 Å². The second kappa shape index (κ2) is 9.70. The van der Waals surface area contributed by atoms with E-state index in [1.54, 1.807) is 4.90 Å². The van der Waals surface area contributed by atoms with Crippen molar-refractivity contribution in [2.45, 2.75) is 19.4 Å². The molecule has 1 fully saturated rings. The summed E-state index contributed by atoms with van der Waals surface area (Å²) >= 11 is 0. The predicted molar refractivity (Wildman–Crippen MR) is 95.2 cm³/mol. The van der Waals surface area contributed by atoms with E-state index in [1.165, 1.54) is 19.1 Å². The minimum absolute atomic E-state index is 0.0317. The van der Waals surface area contributed by atoms with Crippen LogP contribution < -0.4 is 0 Å². The van der Waals surface area contributed by atoms with Gasteiger partial charge in [-0.2, -0.15) is 0 Å². The van der Waals surface area contributed by atoms with Gasteiger partial charge in [0.1, 0.15) is 6.54 Å². The number of carbonyl (C=O) groups excluding carboxylic acids is 4. The molecule has 1 unspecified atom stereocenters. The molecule has 1 aromatic rings. The first-order valence-electron chi connectivity index (χ1n) is 8.68. The van der Waals surface area contributed by atoms with E-state index in [4.69, 9.17) is 0 Å². The summed E-state index contributed by atoms with van der Waals surface area (Å²) in [7, 11) is 2.48. The molecule has 2 rings (SSSR count). The second-order valence-corrected chi connectivity index (χ2v) is 6.32. The van der Waals surface area contributed by atoms with E-state index in [9.17, 15) is 19.2 Å². The first-order valence-corrected chi connectivity index (χ1v) is 8.68. The Morgan fingerprint density at radius 2 is 1.78 bits per heavy atom. The Hall–Kier alpha value is -2.90. The fourth-order valence-electron chi connectivity index (χ4n) is 2.97. The van der Waals surface area contributed by atoms with E-state index in [0.29, 0.717) is 6.54 Å². The first-order chi connectivity index (χ1) is 12.9. The minimum Gasteiger partial charge on any atom is -0.469 e. The lowest BCUT2D eigenvalue weighted by atomic mass is 10.1. The summed E-state index contributed by atoms with van der Waals surface area (Å²) in [6.45, 7) is 0.477. The number of likely N-dealkylation sites (tertiary alicyclic amines) is 1. The van der Waals surface area contributed by atoms with Gasteiger partial charge in [0, 0.05) is 26.1 Å². The third kappa shape index (κ3) is 5.80. The van der Waals surface area contributed by atoms with E-state index in [-0.39, 0.29) is 44.3 Å². The molecule has 0 spiro atoms. The second-order valence-electron chi connectivity index (χ2n) is 6.32. The van der Waals surface area contributed by atoms with E-state index >= 15 is 0 Å². The molecule has 0 radical (unpaired) electrons. The molecule has 0 bridgehead atoms. The maximum atomic E-state index is 12.8.